The highest BCUT2D eigenvalue weighted by Crippen LogP contribution is 2.21. The molecule has 0 unspecified atom stereocenters. The molecule has 0 aliphatic carbocycles. The van der Waals surface area contributed by atoms with E-state index in [0.717, 1.165) is 0 Å². The first-order valence-electron chi connectivity index (χ1n) is 7.72. The number of phenolic OH excluding ortho intramolecular Hbond substituents is 1. The van der Waals surface area contributed by atoms with Crippen LogP contribution in [0.4, 0.5) is 0 Å². The molecular weight excluding hydrogens is 354 g/mol. The largest absolute Gasteiger partial charge is 0.507 e. The fourth-order valence-corrected chi connectivity index (χ4v) is 3.10. The van der Waals surface area contributed by atoms with Crippen molar-refractivity contribution in [3.63, 3.8) is 0 Å². The summed E-state index contributed by atoms with van der Waals surface area (Å²) in [6.45, 7) is 3.16. The molecule has 7 nitrogen and oxygen atoms in total. The maximum atomic E-state index is 12.0. The third-order valence-electron chi connectivity index (χ3n) is 3.38. The second-order valence-electron chi connectivity index (χ2n) is 5.28. The third kappa shape index (κ3) is 5.27. The Morgan fingerprint density at radius 2 is 1.88 bits per heavy atom. The molecule has 0 fully saturated rings. The quantitative estimate of drug-likeness (QED) is 0.371. The molecule has 0 saturated heterocycles. The summed E-state index contributed by atoms with van der Waals surface area (Å²) in [4.78, 5) is 11.8. The SMILES string of the molecule is C=CCc1cccc(/C=N\NC(=O)CNS(=O)(=O)c2ccccc2)c1O. The fraction of sp³-hybridized carbons (Fsp3) is 0.111. The van der Waals surface area contributed by atoms with Gasteiger partial charge >= 0.3 is 0 Å². The Balaban J connectivity index is 1.92. The van der Waals surface area contributed by atoms with E-state index in [2.05, 4.69) is 21.8 Å². The van der Waals surface area contributed by atoms with Crippen LogP contribution in [0.15, 0.2) is 71.2 Å². The van der Waals surface area contributed by atoms with Gasteiger partial charge in [-0.25, -0.2) is 18.6 Å². The number of benzene rings is 2. The van der Waals surface area contributed by atoms with Gasteiger partial charge in [-0.15, -0.1) is 6.58 Å². The molecule has 2 aromatic rings. The van der Waals surface area contributed by atoms with Crippen LogP contribution in [0.2, 0.25) is 0 Å². The number of hydrogen-bond acceptors (Lipinski definition) is 5. The molecular formula is C18H19N3O4S. The van der Waals surface area contributed by atoms with Crippen LogP contribution in [0.5, 0.6) is 5.75 Å². The van der Waals surface area contributed by atoms with Gasteiger partial charge < -0.3 is 5.11 Å². The number of carbonyl (C=O) groups excluding carboxylic acids is 1. The van der Waals surface area contributed by atoms with E-state index in [0.29, 0.717) is 17.5 Å². The van der Waals surface area contributed by atoms with Crippen molar-refractivity contribution >= 4 is 22.1 Å². The van der Waals surface area contributed by atoms with Crippen LogP contribution in [-0.4, -0.2) is 32.2 Å². The monoisotopic (exact) mass is 373 g/mol. The average molecular weight is 373 g/mol. The lowest BCUT2D eigenvalue weighted by Gasteiger charge is -2.06. The predicted molar refractivity (Wildman–Crippen MR) is 99.4 cm³/mol. The zero-order valence-electron chi connectivity index (χ0n) is 13.9. The number of sulfonamides is 1. The van der Waals surface area contributed by atoms with Gasteiger partial charge in [0.2, 0.25) is 10.0 Å². The van der Waals surface area contributed by atoms with Gasteiger partial charge in [0.1, 0.15) is 5.75 Å². The van der Waals surface area contributed by atoms with Gasteiger partial charge in [0.05, 0.1) is 17.7 Å². The van der Waals surface area contributed by atoms with E-state index in [1.807, 2.05) is 0 Å². The first-order chi connectivity index (χ1) is 12.4. The van der Waals surface area contributed by atoms with Crippen molar-refractivity contribution in [3.05, 3.63) is 72.3 Å². The molecule has 136 valence electrons. The Morgan fingerprint density at radius 1 is 1.15 bits per heavy atom. The minimum atomic E-state index is -3.76. The molecule has 0 bridgehead atoms. The summed E-state index contributed by atoms with van der Waals surface area (Å²) in [5.74, 6) is -0.585. The fourth-order valence-electron chi connectivity index (χ4n) is 2.09. The van der Waals surface area contributed by atoms with Crippen molar-refractivity contribution in [3.8, 4) is 5.75 Å². The van der Waals surface area contributed by atoms with Crippen LogP contribution >= 0.6 is 0 Å². The predicted octanol–water partition coefficient (Wildman–Crippen LogP) is 1.55. The minimum absolute atomic E-state index is 0.0511. The summed E-state index contributed by atoms with van der Waals surface area (Å²) >= 11 is 0. The van der Waals surface area contributed by atoms with E-state index in [1.54, 1.807) is 42.5 Å². The zero-order valence-corrected chi connectivity index (χ0v) is 14.7. The lowest BCUT2D eigenvalue weighted by Crippen LogP contribution is -2.34. The van der Waals surface area contributed by atoms with E-state index in [4.69, 9.17) is 0 Å². The molecule has 0 saturated carbocycles. The molecule has 0 aliphatic heterocycles. The van der Waals surface area contributed by atoms with Crippen LogP contribution in [0.3, 0.4) is 0 Å². The molecule has 0 radical (unpaired) electrons. The second-order valence-corrected chi connectivity index (χ2v) is 7.05. The number of carbonyl (C=O) groups is 1. The van der Waals surface area contributed by atoms with Gasteiger partial charge in [0.15, 0.2) is 0 Å². The third-order valence-corrected chi connectivity index (χ3v) is 4.80. The summed E-state index contributed by atoms with van der Waals surface area (Å²) < 4.78 is 26.2. The van der Waals surface area contributed by atoms with Crippen molar-refractivity contribution in [2.24, 2.45) is 5.10 Å². The molecule has 26 heavy (non-hydrogen) atoms. The molecule has 0 atom stereocenters. The van der Waals surface area contributed by atoms with Crippen LogP contribution in [0, 0.1) is 0 Å². The number of hydrazone groups is 1. The number of nitrogens with zero attached hydrogens (tertiary/aromatic N) is 1. The highest BCUT2D eigenvalue weighted by molar-refractivity contribution is 7.89. The van der Waals surface area contributed by atoms with Crippen molar-refractivity contribution < 1.29 is 18.3 Å². The lowest BCUT2D eigenvalue weighted by molar-refractivity contribution is -0.119. The highest BCUT2D eigenvalue weighted by atomic mass is 32.2. The Hall–Kier alpha value is -2.97. The summed E-state index contributed by atoms with van der Waals surface area (Å²) in [7, 11) is -3.76. The van der Waals surface area contributed by atoms with E-state index in [9.17, 15) is 18.3 Å². The summed E-state index contributed by atoms with van der Waals surface area (Å²) in [6, 6.07) is 12.9. The molecule has 0 aliphatic rings. The molecule has 2 rings (SSSR count). The first kappa shape index (κ1) is 19.4. The van der Waals surface area contributed by atoms with Crippen LogP contribution in [0.1, 0.15) is 11.1 Å². The van der Waals surface area contributed by atoms with Crippen molar-refractivity contribution in [1.82, 2.24) is 10.1 Å². The van der Waals surface area contributed by atoms with E-state index >= 15 is 0 Å². The topological polar surface area (TPSA) is 108 Å². The number of rotatable bonds is 8. The zero-order chi connectivity index (χ0) is 19.0. The smallest absolute Gasteiger partial charge is 0.255 e. The average Bonchev–Trinajstić information content (AvgIpc) is 2.64. The molecule has 0 heterocycles. The van der Waals surface area contributed by atoms with Crippen LogP contribution < -0.4 is 10.1 Å². The van der Waals surface area contributed by atoms with Crippen LogP contribution in [-0.2, 0) is 21.2 Å². The Labute approximate surface area is 152 Å². The first-order valence-corrected chi connectivity index (χ1v) is 9.20. The highest BCUT2D eigenvalue weighted by Gasteiger charge is 2.14. The maximum Gasteiger partial charge on any atom is 0.255 e. The van der Waals surface area contributed by atoms with Gasteiger partial charge in [0, 0.05) is 5.56 Å². The van der Waals surface area contributed by atoms with Gasteiger partial charge in [0.25, 0.3) is 5.91 Å². The molecule has 0 aromatic heterocycles. The number of para-hydroxylation sites is 1. The van der Waals surface area contributed by atoms with Crippen molar-refractivity contribution in [2.45, 2.75) is 11.3 Å². The number of phenols is 1. The van der Waals surface area contributed by atoms with Gasteiger partial charge in [-0.2, -0.15) is 5.10 Å². The molecule has 3 N–H and O–H groups in total. The Bertz CT molecular complexity index is 909. The number of nitrogens with one attached hydrogen (secondary N) is 2. The number of aromatic hydroxyl groups is 1. The molecule has 8 heteroatoms. The second kappa shape index (κ2) is 8.93. The number of amides is 1. The maximum absolute atomic E-state index is 12.0. The Morgan fingerprint density at radius 3 is 2.58 bits per heavy atom. The molecule has 0 spiro atoms. The van der Waals surface area contributed by atoms with Gasteiger partial charge in [-0.1, -0.05) is 36.4 Å². The minimum Gasteiger partial charge on any atom is -0.507 e. The van der Waals surface area contributed by atoms with Crippen LogP contribution in [0.25, 0.3) is 0 Å². The lowest BCUT2D eigenvalue weighted by atomic mass is 10.1. The Kier molecular flexibility index (Phi) is 6.65. The van der Waals surface area contributed by atoms with Gasteiger partial charge in [-0.05, 0) is 30.2 Å². The number of hydrogen-bond donors (Lipinski definition) is 3. The normalized spacial score (nSPS) is 11.4. The molecule has 1 amide bonds. The van der Waals surface area contributed by atoms with Crippen molar-refractivity contribution in [1.29, 1.82) is 0 Å². The summed E-state index contributed by atoms with van der Waals surface area (Å²) in [5.41, 5.74) is 3.32. The van der Waals surface area contributed by atoms with E-state index in [1.165, 1.54) is 18.3 Å². The summed E-state index contributed by atoms with van der Waals surface area (Å²) in [6.07, 6.45) is 3.45. The number of allylic oxidation sites excluding steroid dienone is 1. The van der Waals surface area contributed by atoms with Crippen molar-refractivity contribution in [2.75, 3.05) is 6.54 Å². The van der Waals surface area contributed by atoms with Gasteiger partial charge in [-0.3, -0.25) is 4.79 Å². The van der Waals surface area contributed by atoms with E-state index < -0.39 is 22.5 Å². The molecule has 2 aromatic carbocycles. The standard InChI is InChI=1S/C18H19N3O4S/c1-2-7-14-8-6-9-15(18(14)23)12-19-21-17(22)13-20-26(24,25)16-10-4-3-5-11-16/h2-6,8-12,20,23H,1,7,13H2,(H,21,22)/b19-12-. The summed E-state index contributed by atoms with van der Waals surface area (Å²) in [5, 5.41) is 13.8. The van der Waals surface area contributed by atoms with E-state index in [-0.39, 0.29) is 10.6 Å².